The van der Waals surface area contributed by atoms with Crippen molar-refractivity contribution in [1.82, 2.24) is 0 Å². The molecule has 3 heteroatoms. The van der Waals surface area contributed by atoms with Crippen LogP contribution in [0.1, 0.15) is 5.56 Å². The molecule has 1 aromatic heterocycles. The number of hydrogen-bond donors (Lipinski definition) is 1. The molecule has 2 aromatic rings. The van der Waals surface area contributed by atoms with Gasteiger partial charge in [-0.25, -0.2) is 0 Å². The topological polar surface area (TPSA) is 26.0 Å². The van der Waals surface area contributed by atoms with Crippen molar-refractivity contribution in [1.29, 1.82) is 0 Å². The van der Waals surface area contributed by atoms with Gasteiger partial charge in [-0.1, -0.05) is 28.1 Å². The van der Waals surface area contributed by atoms with E-state index in [2.05, 4.69) is 35.0 Å². The van der Waals surface area contributed by atoms with Gasteiger partial charge in [-0.05, 0) is 30.2 Å². The summed E-state index contributed by atoms with van der Waals surface area (Å²) < 4.78 is 1.10. The van der Waals surface area contributed by atoms with E-state index in [1.54, 1.807) is 11.3 Å². The molecule has 0 fully saturated rings. The number of nitrogens with two attached hydrogens (primary N) is 1. The molecule has 0 aliphatic rings. The number of hydrogen-bond acceptors (Lipinski definition) is 2. The summed E-state index contributed by atoms with van der Waals surface area (Å²) in [6.07, 6.45) is 0. The molecule has 0 atom stereocenters. The minimum Gasteiger partial charge on any atom is -0.398 e. The van der Waals surface area contributed by atoms with E-state index in [1.807, 2.05) is 17.5 Å². The molecule has 72 valence electrons. The molecular weight excluding hydrogens is 258 g/mol. The van der Waals surface area contributed by atoms with Gasteiger partial charge < -0.3 is 5.73 Å². The molecule has 0 saturated heterocycles. The highest BCUT2D eigenvalue weighted by Gasteiger charge is 2.06. The van der Waals surface area contributed by atoms with Crippen LogP contribution >= 0.6 is 27.3 Å². The molecule has 1 heterocycles. The molecule has 2 N–H and O–H groups in total. The number of halogens is 1. The summed E-state index contributed by atoms with van der Waals surface area (Å²) in [4.78, 5) is 1.26. The fourth-order valence-corrected chi connectivity index (χ4v) is 2.57. The van der Waals surface area contributed by atoms with Crippen LogP contribution in [0, 0.1) is 6.92 Å². The number of rotatable bonds is 1. The minimum atomic E-state index is 0.882. The van der Waals surface area contributed by atoms with E-state index in [1.165, 1.54) is 16.0 Å². The highest BCUT2D eigenvalue weighted by Crippen LogP contribution is 2.33. The molecule has 0 radical (unpaired) electrons. The molecular formula is C11H10BrNS. The first-order chi connectivity index (χ1) is 6.68. The third-order valence-electron chi connectivity index (χ3n) is 2.18. The SMILES string of the molecule is Cc1c(N)csc1-c1ccc(Br)cc1. The maximum atomic E-state index is 5.81. The molecule has 1 aromatic carbocycles. The van der Waals surface area contributed by atoms with Gasteiger partial charge in [-0.3, -0.25) is 0 Å². The first-order valence-electron chi connectivity index (χ1n) is 4.28. The molecule has 0 spiro atoms. The maximum absolute atomic E-state index is 5.81. The van der Waals surface area contributed by atoms with Crippen molar-refractivity contribution in [2.24, 2.45) is 0 Å². The average Bonchev–Trinajstić information content (AvgIpc) is 2.50. The second-order valence-electron chi connectivity index (χ2n) is 3.15. The Kier molecular flexibility index (Phi) is 2.61. The van der Waals surface area contributed by atoms with Crippen molar-refractivity contribution >= 4 is 33.0 Å². The van der Waals surface area contributed by atoms with Crippen LogP contribution in [0.25, 0.3) is 10.4 Å². The second-order valence-corrected chi connectivity index (χ2v) is 4.95. The normalized spacial score (nSPS) is 10.4. The van der Waals surface area contributed by atoms with Crippen LogP contribution in [0.4, 0.5) is 5.69 Å². The smallest absolute Gasteiger partial charge is 0.0458 e. The summed E-state index contributed by atoms with van der Waals surface area (Å²) in [5.41, 5.74) is 9.10. The van der Waals surface area contributed by atoms with Gasteiger partial charge in [0.1, 0.15) is 0 Å². The minimum absolute atomic E-state index is 0.882. The first kappa shape index (κ1) is 9.74. The van der Waals surface area contributed by atoms with E-state index in [-0.39, 0.29) is 0 Å². The number of thiophene rings is 1. The van der Waals surface area contributed by atoms with Gasteiger partial charge >= 0.3 is 0 Å². The summed E-state index contributed by atoms with van der Waals surface area (Å²) in [5.74, 6) is 0. The zero-order chi connectivity index (χ0) is 10.1. The van der Waals surface area contributed by atoms with Gasteiger partial charge in [0.25, 0.3) is 0 Å². The third-order valence-corrected chi connectivity index (χ3v) is 3.86. The van der Waals surface area contributed by atoms with E-state index in [0.717, 1.165) is 10.2 Å². The van der Waals surface area contributed by atoms with Gasteiger partial charge in [0.15, 0.2) is 0 Å². The van der Waals surface area contributed by atoms with Gasteiger partial charge in [0, 0.05) is 20.4 Å². The summed E-state index contributed by atoms with van der Waals surface area (Å²) in [6, 6.07) is 8.29. The van der Waals surface area contributed by atoms with Crippen molar-refractivity contribution in [2.75, 3.05) is 5.73 Å². The van der Waals surface area contributed by atoms with E-state index in [9.17, 15) is 0 Å². The summed E-state index contributed by atoms with van der Waals surface area (Å²) in [7, 11) is 0. The third kappa shape index (κ3) is 1.70. The molecule has 0 aliphatic heterocycles. The lowest BCUT2D eigenvalue weighted by atomic mass is 10.1. The van der Waals surface area contributed by atoms with E-state index >= 15 is 0 Å². The summed E-state index contributed by atoms with van der Waals surface area (Å²) in [6.45, 7) is 2.06. The van der Waals surface area contributed by atoms with Crippen molar-refractivity contribution in [3.05, 3.63) is 39.7 Å². The average molecular weight is 268 g/mol. The standard InChI is InChI=1S/C11H10BrNS/c1-7-10(13)6-14-11(7)8-2-4-9(12)5-3-8/h2-6H,13H2,1H3. The molecule has 2 rings (SSSR count). The lowest BCUT2D eigenvalue weighted by Gasteiger charge is -2.00. The van der Waals surface area contributed by atoms with Crippen molar-refractivity contribution in [2.45, 2.75) is 6.92 Å². The monoisotopic (exact) mass is 267 g/mol. The predicted molar refractivity (Wildman–Crippen MR) is 66.6 cm³/mol. The van der Waals surface area contributed by atoms with Crippen LogP contribution in [-0.4, -0.2) is 0 Å². The van der Waals surface area contributed by atoms with Crippen molar-refractivity contribution in [3.8, 4) is 10.4 Å². The highest BCUT2D eigenvalue weighted by molar-refractivity contribution is 9.10. The Morgan fingerprint density at radius 1 is 1.21 bits per heavy atom. The van der Waals surface area contributed by atoms with Gasteiger partial charge in [0.05, 0.1) is 0 Å². The lowest BCUT2D eigenvalue weighted by Crippen LogP contribution is -1.84. The van der Waals surface area contributed by atoms with Crippen molar-refractivity contribution < 1.29 is 0 Å². The molecule has 0 saturated carbocycles. The highest BCUT2D eigenvalue weighted by atomic mass is 79.9. The Hall–Kier alpha value is -0.800. The summed E-state index contributed by atoms with van der Waals surface area (Å²) in [5, 5.41) is 1.99. The molecule has 14 heavy (non-hydrogen) atoms. The Balaban J connectivity index is 2.49. The van der Waals surface area contributed by atoms with Crippen LogP contribution in [0.3, 0.4) is 0 Å². The molecule has 0 bridgehead atoms. The Morgan fingerprint density at radius 2 is 1.86 bits per heavy atom. The number of anilines is 1. The largest absolute Gasteiger partial charge is 0.398 e. The molecule has 1 nitrogen and oxygen atoms in total. The number of nitrogen functional groups attached to an aromatic ring is 1. The van der Waals surface area contributed by atoms with E-state index < -0.39 is 0 Å². The van der Waals surface area contributed by atoms with Crippen molar-refractivity contribution in [3.63, 3.8) is 0 Å². The molecule has 0 unspecified atom stereocenters. The quantitative estimate of drug-likeness (QED) is 0.829. The van der Waals surface area contributed by atoms with Crippen LogP contribution in [0.5, 0.6) is 0 Å². The fourth-order valence-electron chi connectivity index (χ4n) is 1.32. The second kappa shape index (κ2) is 3.75. The zero-order valence-corrected chi connectivity index (χ0v) is 10.2. The van der Waals surface area contributed by atoms with Crippen LogP contribution in [-0.2, 0) is 0 Å². The maximum Gasteiger partial charge on any atom is 0.0458 e. The predicted octanol–water partition coefficient (Wildman–Crippen LogP) is 4.07. The lowest BCUT2D eigenvalue weighted by molar-refractivity contribution is 1.53. The van der Waals surface area contributed by atoms with Crippen LogP contribution in [0.15, 0.2) is 34.1 Å². The van der Waals surface area contributed by atoms with Crippen LogP contribution < -0.4 is 5.73 Å². The Labute approximate surface area is 95.7 Å². The van der Waals surface area contributed by atoms with Crippen LogP contribution in [0.2, 0.25) is 0 Å². The van der Waals surface area contributed by atoms with Gasteiger partial charge in [-0.2, -0.15) is 0 Å². The van der Waals surface area contributed by atoms with Gasteiger partial charge in [0.2, 0.25) is 0 Å². The Bertz CT molecular complexity index is 445. The Morgan fingerprint density at radius 3 is 2.36 bits per heavy atom. The van der Waals surface area contributed by atoms with E-state index in [4.69, 9.17) is 5.73 Å². The first-order valence-corrected chi connectivity index (χ1v) is 5.95. The fraction of sp³-hybridized carbons (Fsp3) is 0.0909. The zero-order valence-electron chi connectivity index (χ0n) is 7.75. The van der Waals surface area contributed by atoms with Gasteiger partial charge in [-0.15, -0.1) is 11.3 Å². The molecule has 0 amide bonds. The molecule has 0 aliphatic carbocycles. The summed E-state index contributed by atoms with van der Waals surface area (Å²) >= 11 is 5.12. The number of benzene rings is 1. The van der Waals surface area contributed by atoms with E-state index in [0.29, 0.717) is 0 Å².